The zero-order valence-electron chi connectivity index (χ0n) is 12.1. The molecule has 94 valence electrons. The van der Waals surface area contributed by atoms with E-state index in [1.165, 1.54) is 19.3 Å². The highest BCUT2D eigenvalue weighted by molar-refractivity contribution is 5.01. The molecule has 2 fully saturated rings. The van der Waals surface area contributed by atoms with E-state index in [1.807, 2.05) is 0 Å². The minimum Gasteiger partial charge on any atom is -0.0622 e. The minimum absolute atomic E-state index is 0.628. The number of hydrogen-bond donors (Lipinski definition) is 0. The van der Waals surface area contributed by atoms with E-state index in [0.29, 0.717) is 5.41 Å². The molecule has 0 nitrogen and oxygen atoms in total. The van der Waals surface area contributed by atoms with Gasteiger partial charge in [-0.3, -0.25) is 0 Å². The molecule has 16 heavy (non-hydrogen) atoms. The van der Waals surface area contributed by atoms with Crippen molar-refractivity contribution in [3.05, 3.63) is 0 Å². The second kappa shape index (κ2) is 4.03. The SMILES string of the molecule is CC1CC(C)C(C2(C)CCC(C)C2C)C1C. The molecule has 7 unspecified atom stereocenters. The van der Waals surface area contributed by atoms with Crippen molar-refractivity contribution >= 4 is 0 Å². The van der Waals surface area contributed by atoms with Crippen LogP contribution in [0.4, 0.5) is 0 Å². The Hall–Kier alpha value is 0. The van der Waals surface area contributed by atoms with Crippen LogP contribution < -0.4 is 0 Å². The van der Waals surface area contributed by atoms with E-state index in [4.69, 9.17) is 0 Å². The van der Waals surface area contributed by atoms with Crippen LogP contribution in [0.15, 0.2) is 0 Å². The van der Waals surface area contributed by atoms with Crippen molar-refractivity contribution in [2.24, 2.45) is 40.9 Å². The van der Waals surface area contributed by atoms with Crippen molar-refractivity contribution < 1.29 is 0 Å². The van der Waals surface area contributed by atoms with Crippen LogP contribution in [0.3, 0.4) is 0 Å². The summed E-state index contributed by atoms with van der Waals surface area (Å²) in [5, 5.41) is 0. The molecule has 2 saturated carbocycles. The molecule has 0 bridgehead atoms. The average Bonchev–Trinajstić information content (AvgIpc) is 2.61. The van der Waals surface area contributed by atoms with Crippen LogP contribution in [0.1, 0.15) is 60.8 Å². The topological polar surface area (TPSA) is 0 Å². The lowest BCUT2D eigenvalue weighted by atomic mass is 9.63. The third kappa shape index (κ3) is 1.64. The Morgan fingerprint density at radius 1 is 0.875 bits per heavy atom. The predicted molar refractivity (Wildman–Crippen MR) is 71.3 cm³/mol. The van der Waals surface area contributed by atoms with Crippen LogP contribution in [0.2, 0.25) is 0 Å². The smallest absolute Gasteiger partial charge is 0.0264 e. The van der Waals surface area contributed by atoms with E-state index in [1.54, 1.807) is 0 Å². The lowest BCUT2D eigenvalue weighted by Gasteiger charge is -2.42. The van der Waals surface area contributed by atoms with Gasteiger partial charge in [-0.25, -0.2) is 0 Å². The number of hydrogen-bond acceptors (Lipinski definition) is 0. The molecule has 0 saturated heterocycles. The van der Waals surface area contributed by atoms with Gasteiger partial charge in [0.1, 0.15) is 0 Å². The Labute approximate surface area is 102 Å². The van der Waals surface area contributed by atoms with Crippen molar-refractivity contribution in [3.63, 3.8) is 0 Å². The first-order chi connectivity index (χ1) is 7.38. The van der Waals surface area contributed by atoms with Crippen molar-refractivity contribution in [3.8, 4) is 0 Å². The van der Waals surface area contributed by atoms with Gasteiger partial charge in [0, 0.05) is 0 Å². The van der Waals surface area contributed by atoms with Crippen molar-refractivity contribution in [1.82, 2.24) is 0 Å². The summed E-state index contributed by atoms with van der Waals surface area (Å²) >= 11 is 0. The molecule has 0 aromatic rings. The lowest BCUT2D eigenvalue weighted by molar-refractivity contribution is 0.0612. The lowest BCUT2D eigenvalue weighted by Crippen LogP contribution is -2.36. The molecule has 0 aromatic heterocycles. The fourth-order valence-corrected chi connectivity index (χ4v) is 5.21. The second-order valence-corrected chi connectivity index (χ2v) is 7.39. The van der Waals surface area contributed by atoms with E-state index in [0.717, 1.165) is 35.5 Å². The summed E-state index contributed by atoms with van der Waals surface area (Å²) in [6, 6.07) is 0. The Morgan fingerprint density at radius 2 is 1.50 bits per heavy atom. The second-order valence-electron chi connectivity index (χ2n) is 7.39. The van der Waals surface area contributed by atoms with Gasteiger partial charge in [-0.1, -0.05) is 41.5 Å². The maximum atomic E-state index is 2.59. The van der Waals surface area contributed by atoms with Gasteiger partial charge in [-0.2, -0.15) is 0 Å². The van der Waals surface area contributed by atoms with Gasteiger partial charge in [-0.05, 0) is 60.2 Å². The van der Waals surface area contributed by atoms with Crippen molar-refractivity contribution in [2.75, 3.05) is 0 Å². The third-order valence-electron chi connectivity index (χ3n) is 6.61. The van der Waals surface area contributed by atoms with Crippen molar-refractivity contribution in [2.45, 2.75) is 60.8 Å². The molecule has 0 N–H and O–H groups in total. The summed E-state index contributed by atoms with van der Waals surface area (Å²) in [5.74, 6) is 5.67. The van der Waals surface area contributed by atoms with Gasteiger partial charge < -0.3 is 0 Å². The highest BCUT2D eigenvalue weighted by Crippen LogP contribution is 2.59. The van der Waals surface area contributed by atoms with E-state index in [2.05, 4.69) is 41.5 Å². The zero-order chi connectivity index (χ0) is 12.1. The van der Waals surface area contributed by atoms with Crippen LogP contribution in [-0.4, -0.2) is 0 Å². The van der Waals surface area contributed by atoms with Crippen LogP contribution in [-0.2, 0) is 0 Å². The predicted octanol–water partition coefficient (Wildman–Crippen LogP) is 4.99. The fraction of sp³-hybridized carbons (Fsp3) is 1.00. The molecule has 0 spiro atoms. The summed E-state index contributed by atoms with van der Waals surface area (Å²) in [6.07, 6.45) is 4.39. The van der Waals surface area contributed by atoms with E-state index in [-0.39, 0.29) is 0 Å². The van der Waals surface area contributed by atoms with Crippen LogP contribution in [0.5, 0.6) is 0 Å². The molecule has 0 aromatic carbocycles. The first kappa shape index (κ1) is 12.5. The van der Waals surface area contributed by atoms with Gasteiger partial charge in [0.2, 0.25) is 0 Å². The van der Waals surface area contributed by atoms with E-state index < -0.39 is 0 Å². The molecule has 0 amide bonds. The quantitative estimate of drug-likeness (QED) is 0.586. The largest absolute Gasteiger partial charge is 0.0622 e. The van der Waals surface area contributed by atoms with Gasteiger partial charge in [0.25, 0.3) is 0 Å². The Balaban J connectivity index is 2.24. The van der Waals surface area contributed by atoms with Gasteiger partial charge in [0.15, 0.2) is 0 Å². The normalized spacial score (nSPS) is 58.1. The van der Waals surface area contributed by atoms with Crippen LogP contribution in [0.25, 0.3) is 0 Å². The standard InChI is InChI=1S/C16H30/c1-10-7-8-16(6,14(10)5)15-12(3)9-11(2)13(15)4/h10-15H,7-9H2,1-6H3. The summed E-state index contributed by atoms with van der Waals surface area (Å²) in [7, 11) is 0. The molecule has 0 heterocycles. The molecular formula is C16H30. The molecule has 7 atom stereocenters. The van der Waals surface area contributed by atoms with E-state index >= 15 is 0 Å². The van der Waals surface area contributed by atoms with Crippen LogP contribution >= 0.6 is 0 Å². The monoisotopic (exact) mass is 222 g/mol. The van der Waals surface area contributed by atoms with Crippen molar-refractivity contribution in [1.29, 1.82) is 0 Å². The Morgan fingerprint density at radius 3 is 1.88 bits per heavy atom. The summed E-state index contributed by atoms with van der Waals surface area (Å²) in [6.45, 7) is 15.1. The summed E-state index contributed by atoms with van der Waals surface area (Å²) in [4.78, 5) is 0. The minimum atomic E-state index is 0.628. The maximum absolute atomic E-state index is 2.59. The van der Waals surface area contributed by atoms with E-state index in [9.17, 15) is 0 Å². The first-order valence-electron chi connectivity index (χ1n) is 7.38. The van der Waals surface area contributed by atoms with Gasteiger partial charge >= 0.3 is 0 Å². The first-order valence-corrected chi connectivity index (χ1v) is 7.38. The third-order valence-corrected chi connectivity index (χ3v) is 6.61. The zero-order valence-corrected chi connectivity index (χ0v) is 12.1. The molecule has 0 radical (unpaired) electrons. The summed E-state index contributed by atoms with van der Waals surface area (Å²) in [5.41, 5.74) is 0.628. The summed E-state index contributed by atoms with van der Waals surface area (Å²) < 4.78 is 0. The number of rotatable bonds is 1. The molecule has 0 aliphatic heterocycles. The van der Waals surface area contributed by atoms with Gasteiger partial charge in [-0.15, -0.1) is 0 Å². The fourth-order valence-electron chi connectivity index (χ4n) is 5.21. The highest BCUT2D eigenvalue weighted by atomic mass is 14.6. The highest BCUT2D eigenvalue weighted by Gasteiger charge is 2.52. The average molecular weight is 222 g/mol. The molecular weight excluding hydrogens is 192 g/mol. The molecule has 2 aliphatic rings. The molecule has 2 aliphatic carbocycles. The Bertz CT molecular complexity index is 257. The maximum Gasteiger partial charge on any atom is -0.0264 e. The van der Waals surface area contributed by atoms with Crippen LogP contribution in [0, 0.1) is 40.9 Å². The molecule has 2 rings (SSSR count). The Kier molecular flexibility index (Phi) is 3.14. The molecule has 0 heteroatoms. The van der Waals surface area contributed by atoms with Gasteiger partial charge in [0.05, 0.1) is 0 Å².